The van der Waals surface area contributed by atoms with Crippen molar-refractivity contribution in [1.29, 1.82) is 0 Å². The van der Waals surface area contributed by atoms with E-state index in [4.69, 9.17) is 11.6 Å². The van der Waals surface area contributed by atoms with Crippen LogP contribution in [0.25, 0.3) is 11.3 Å². The van der Waals surface area contributed by atoms with Crippen molar-refractivity contribution in [3.8, 4) is 11.3 Å². The number of hydrogen-bond acceptors (Lipinski definition) is 4. The molecule has 112 valence electrons. The first kappa shape index (κ1) is 15.5. The Morgan fingerprint density at radius 1 is 1.52 bits per heavy atom. The van der Waals surface area contributed by atoms with Gasteiger partial charge in [0.1, 0.15) is 10.8 Å². The van der Waals surface area contributed by atoms with Crippen LogP contribution in [-0.2, 0) is 6.54 Å². The van der Waals surface area contributed by atoms with Crippen LogP contribution in [0.5, 0.6) is 0 Å². The first-order chi connectivity index (χ1) is 10.0. The van der Waals surface area contributed by atoms with E-state index in [0.29, 0.717) is 18.2 Å². The molecule has 1 unspecified atom stereocenters. The van der Waals surface area contributed by atoms with Gasteiger partial charge in [0.05, 0.1) is 23.4 Å². The fraction of sp³-hybridized carbons (Fsp3) is 0.357. The number of H-pyrrole nitrogens is 1. The molecule has 0 radical (unpaired) electrons. The largest absolute Gasteiger partial charge is 0.341 e. The Labute approximate surface area is 127 Å². The van der Waals surface area contributed by atoms with E-state index >= 15 is 0 Å². The molecule has 1 aromatic heterocycles. The average Bonchev–Trinajstić information content (AvgIpc) is 2.93. The maximum atomic E-state index is 10.9. The number of aromatic nitrogens is 2. The third kappa shape index (κ3) is 3.80. The highest BCUT2D eigenvalue weighted by Crippen LogP contribution is 2.29. The minimum absolute atomic E-state index is 0.108. The van der Waals surface area contributed by atoms with E-state index in [1.165, 1.54) is 12.1 Å². The maximum Gasteiger partial charge on any atom is 0.288 e. The van der Waals surface area contributed by atoms with Crippen LogP contribution in [0.2, 0.25) is 5.02 Å². The highest BCUT2D eigenvalue weighted by molar-refractivity contribution is 6.32. The second kappa shape index (κ2) is 6.69. The van der Waals surface area contributed by atoms with Gasteiger partial charge in [0.2, 0.25) is 0 Å². The molecule has 1 heterocycles. The van der Waals surface area contributed by atoms with E-state index < -0.39 is 4.92 Å². The van der Waals surface area contributed by atoms with Gasteiger partial charge >= 0.3 is 0 Å². The Bertz CT molecular complexity index is 642. The summed E-state index contributed by atoms with van der Waals surface area (Å²) in [5, 5.41) is 14.4. The van der Waals surface area contributed by atoms with Crippen LogP contribution in [0.3, 0.4) is 0 Å². The first-order valence-corrected chi connectivity index (χ1v) is 7.10. The zero-order chi connectivity index (χ0) is 15.4. The van der Waals surface area contributed by atoms with Crippen LogP contribution in [-0.4, -0.2) is 20.9 Å². The van der Waals surface area contributed by atoms with Crippen molar-refractivity contribution in [2.24, 2.45) is 0 Å². The van der Waals surface area contributed by atoms with Gasteiger partial charge in [-0.2, -0.15) is 0 Å². The molecule has 0 saturated heterocycles. The smallest absolute Gasteiger partial charge is 0.288 e. The van der Waals surface area contributed by atoms with Crippen LogP contribution in [0.15, 0.2) is 24.4 Å². The average molecular weight is 309 g/mol. The third-order valence-corrected chi connectivity index (χ3v) is 3.63. The summed E-state index contributed by atoms with van der Waals surface area (Å²) in [6.07, 6.45) is 2.71. The monoisotopic (exact) mass is 308 g/mol. The van der Waals surface area contributed by atoms with E-state index in [-0.39, 0.29) is 10.7 Å². The normalized spacial score (nSPS) is 12.3. The molecular weight excluding hydrogens is 292 g/mol. The van der Waals surface area contributed by atoms with Gasteiger partial charge in [0.15, 0.2) is 0 Å². The lowest BCUT2D eigenvalue weighted by Gasteiger charge is -2.08. The standard InChI is InChI=1S/C14H17ClN4O2/c1-3-9(2)16-8-14-17-7-12(18-14)10-4-5-11(15)13(6-10)19(20)21/h4-7,9,16H,3,8H2,1-2H3,(H,17,18). The number of halogens is 1. The number of nitrogens with zero attached hydrogens (tertiary/aromatic N) is 2. The topological polar surface area (TPSA) is 83.8 Å². The van der Waals surface area contributed by atoms with Crippen molar-refractivity contribution in [2.75, 3.05) is 0 Å². The Hall–Kier alpha value is -1.92. The summed E-state index contributed by atoms with van der Waals surface area (Å²) in [7, 11) is 0. The fourth-order valence-corrected chi connectivity index (χ4v) is 2.02. The van der Waals surface area contributed by atoms with Crippen molar-refractivity contribution < 1.29 is 4.92 Å². The summed E-state index contributed by atoms with van der Waals surface area (Å²) >= 11 is 5.81. The quantitative estimate of drug-likeness (QED) is 0.631. The Morgan fingerprint density at radius 2 is 2.29 bits per heavy atom. The molecule has 2 aromatic rings. The molecule has 2 rings (SSSR count). The lowest BCUT2D eigenvalue weighted by Crippen LogP contribution is -2.24. The number of nitrogens with one attached hydrogen (secondary N) is 2. The third-order valence-electron chi connectivity index (χ3n) is 3.31. The van der Waals surface area contributed by atoms with E-state index in [2.05, 4.69) is 29.1 Å². The molecule has 1 atom stereocenters. The molecular formula is C14H17ClN4O2. The Morgan fingerprint density at radius 3 is 2.95 bits per heavy atom. The second-order valence-corrected chi connectivity index (χ2v) is 5.26. The summed E-state index contributed by atoms with van der Waals surface area (Å²) in [6.45, 7) is 4.84. The molecule has 0 spiro atoms. The second-order valence-electron chi connectivity index (χ2n) is 4.86. The summed E-state index contributed by atoms with van der Waals surface area (Å²) < 4.78 is 0. The van der Waals surface area contributed by atoms with Gasteiger partial charge in [-0.3, -0.25) is 10.1 Å². The van der Waals surface area contributed by atoms with Gasteiger partial charge in [-0.25, -0.2) is 4.98 Å². The molecule has 0 fully saturated rings. The molecule has 7 heteroatoms. The van der Waals surface area contributed by atoms with Gasteiger partial charge in [0, 0.05) is 17.7 Å². The minimum atomic E-state index is -0.492. The van der Waals surface area contributed by atoms with E-state index in [9.17, 15) is 10.1 Å². The molecule has 0 aliphatic heterocycles. The van der Waals surface area contributed by atoms with Crippen LogP contribution in [0, 0.1) is 10.1 Å². The fourth-order valence-electron chi connectivity index (χ4n) is 1.83. The van der Waals surface area contributed by atoms with Crippen LogP contribution < -0.4 is 5.32 Å². The van der Waals surface area contributed by atoms with Gasteiger partial charge in [-0.1, -0.05) is 24.6 Å². The highest BCUT2D eigenvalue weighted by Gasteiger charge is 2.14. The van der Waals surface area contributed by atoms with Gasteiger partial charge in [0.25, 0.3) is 5.69 Å². The van der Waals surface area contributed by atoms with Crippen molar-refractivity contribution in [2.45, 2.75) is 32.9 Å². The molecule has 0 aliphatic rings. The first-order valence-electron chi connectivity index (χ1n) is 6.72. The molecule has 0 saturated carbocycles. The molecule has 6 nitrogen and oxygen atoms in total. The van der Waals surface area contributed by atoms with E-state index in [1.54, 1.807) is 12.3 Å². The summed E-state index contributed by atoms with van der Waals surface area (Å²) in [5.41, 5.74) is 1.31. The molecule has 0 amide bonds. The summed E-state index contributed by atoms with van der Waals surface area (Å²) in [6, 6.07) is 5.11. The van der Waals surface area contributed by atoms with Crippen molar-refractivity contribution >= 4 is 17.3 Å². The lowest BCUT2D eigenvalue weighted by molar-refractivity contribution is -0.384. The van der Waals surface area contributed by atoms with Crippen LogP contribution >= 0.6 is 11.6 Å². The van der Waals surface area contributed by atoms with Crippen LogP contribution in [0.1, 0.15) is 26.1 Å². The Balaban J connectivity index is 2.18. The number of nitro benzene ring substituents is 1. The SMILES string of the molecule is CCC(C)NCc1ncc(-c2ccc(Cl)c([N+](=O)[O-])c2)[nH]1. The predicted octanol–water partition coefficient (Wildman–Crippen LogP) is 3.53. The van der Waals surface area contributed by atoms with Crippen molar-refractivity contribution in [1.82, 2.24) is 15.3 Å². The maximum absolute atomic E-state index is 10.9. The number of benzene rings is 1. The molecule has 21 heavy (non-hydrogen) atoms. The van der Waals surface area contributed by atoms with Crippen LogP contribution in [0.4, 0.5) is 5.69 Å². The zero-order valence-corrected chi connectivity index (χ0v) is 12.6. The number of imidazole rings is 1. The Kier molecular flexibility index (Phi) is 4.93. The van der Waals surface area contributed by atoms with E-state index in [1.807, 2.05) is 0 Å². The minimum Gasteiger partial charge on any atom is -0.341 e. The number of aromatic amines is 1. The number of hydrogen-bond donors (Lipinski definition) is 2. The number of rotatable bonds is 6. The van der Waals surface area contributed by atoms with Gasteiger partial charge < -0.3 is 10.3 Å². The molecule has 1 aromatic carbocycles. The van der Waals surface area contributed by atoms with Gasteiger partial charge in [-0.15, -0.1) is 0 Å². The molecule has 0 aliphatic carbocycles. The van der Waals surface area contributed by atoms with E-state index in [0.717, 1.165) is 17.9 Å². The van der Waals surface area contributed by atoms with Crippen molar-refractivity contribution in [3.63, 3.8) is 0 Å². The molecule has 0 bridgehead atoms. The summed E-state index contributed by atoms with van der Waals surface area (Å²) in [5.74, 6) is 0.794. The van der Waals surface area contributed by atoms with Gasteiger partial charge in [-0.05, 0) is 19.4 Å². The predicted molar refractivity (Wildman–Crippen MR) is 82.3 cm³/mol. The van der Waals surface area contributed by atoms with Crippen molar-refractivity contribution in [3.05, 3.63) is 45.4 Å². The highest BCUT2D eigenvalue weighted by atomic mass is 35.5. The lowest BCUT2D eigenvalue weighted by atomic mass is 10.1. The molecule has 2 N–H and O–H groups in total. The zero-order valence-electron chi connectivity index (χ0n) is 11.9. The number of nitro groups is 1. The summed E-state index contributed by atoms with van der Waals surface area (Å²) in [4.78, 5) is 17.8.